The molecule has 18 heavy (non-hydrogen) atoms. The average Bonchev–Trinajstić information content (AvgIpc) is 2.39. The molecule has 0 N–H and O–H groups in total. The van der Waals surface area contributed by atoms with Gasteiger partial charge in [-0.3, -0.25) is 0 Å². The Morgan fingerprint density at radius 3 is 2.50 bits per heavy atom. The van der Waals surface area contributed by atoms with E-state index in [1.165, 1.54) is 16.0 Å². The Labute approximate surface area is 118 Å². The van der Waals surface area contributed by atoms with Crippen LogP contribution in [0.3, 0.4) is 0 Å². The highest BCUT2D eigenvalue weighted by atomic mass is 35.5. The molecule has 2 rings (SSSR count). The van der Waals surface area contributed by atoms with Crippen LogP contribution in [0.2, 0.25) is 5.02 Å². The first kappa shape index (κ1) is 13.3. The second kappa shape index (κ2) is 5.64. The summed E-state index contributed by atoms with van der Waals surface area (Å²) in [6, 6.07) is 12.3. The summed E-state index contributed by atoms with van der Waals surface area (Å²) in [4.78, 5) is 1.24. The molecule has 0 spiro atoms. The molecule has 0 heterocycles. The third-order valence-corrected chi connectivity index (χ3v) is 4.08. The van der Waals surface area contributed by atoms with Crippen molar-refractivity contribution >= 4 is 29.4 Å². The summed E-state index contributed by atoms with van der Waals surface area (Å²) in [7, 11) is 0. The summed E-state index contributed by atoms with van der Waals surface area (Å²) >= 11 is 8.03. The van der Waals surface area contributed by atoms with Crippen LogP contribution in [0, 0.1) is 6.92 Å². The van der Waals surface area contributed by atoms with E-state index in [1.54, 1.807) is 11.8 Å². The Kier molecular flexibility index (Phi) is 4.15. The Balaban J connectivity index is 2.70. The third kappa shape index (κ3) is 2.47. The van der Waals surface area contributed by atoms with Gasteiger partial charge in [0, 0.05) is 15.5 Å². The first-order chi connectivity index (χ1) is 8.67. The Morgan fingerprint density at radius 1 is 1.17 bits per heavy atom. The number of hydrogen-bond donors (Lipinski definition) is 0. The summed E-state index contributed by atoms with van der Waals surface area (Å²) < 4.78 is 0. The van der Waals surface area contributed by atoms with Crippen molar-refractivity contribution in [1.29, 1.82) is 0 Å². The van der Waals surface area contributed by atoms with Gasteiger partial charge in [-0.2, -0.15) is 0 Å². The minimum absolute atomic E-state index is 0.784. The first-order valence-corrected chi connectivity index (χ1v) is 7.33. The van der Waals surface area contributed by atoms with Crippen LogP contribution in [-0.2, 0) is 0 Å². The fourth-order valence-electron chi connectivity index (χ4n) is 1.98. The topological polar surface area (TPSA) is 0 Å². The average molecular weight is 275 g/mol. The maximum atomic E-state index is 6.29. The zero-order valence-corrected chi connectivity index (χ0v) is 12.1. The highest BCUT2D eigenvalue weighted by Gasteiger charge is 2.10. The van der Waals surface area contributed by atoms with Crippen LogP contribution in [0.1, 0.15) is 11.1 Å². The molecule has 0 aromatic heterocycles. The van der Waals surface area contributed by atoms with E-state index in [0.29, 0.717) is 0 Å². The number of halogens is 1. The molecule has 0 aliphatic rings. The van der Waals surface area contributed by atoms with Crippen molar-refractivity contribution in [3.8, 4) is 11.1 Å². The van der Waals surface area contributed by atoms with Gasteiger partial charge in [0.25, 0.3) is 0 Å². The fraction of sp³-hybridized carbons (Fsp3) is 0.125. The lowest BCUT2D eigenvalue weighted by molar-refractivity contribution is 1.34. The van der Waals surface area contributed by atoms with Gasteiger partial charge in [0.15, 0.2) is 0 Å². The third-order valence-electron chi connectivity index (χ3n) is 2.97. The van der Waals surface area contributed by atoms with Crippen molar-refractivity contribution in [2.24, 2.45) is 0 Å². The van der Waals surface area contributed by atoms with Gasteiger partial charge >= 0.3 is 0 Å². The Morgan fingerprint density at radius 2 is 1.89 bits per heavy atom. The number of hydrogen-bond acceptors (Lipinski definition) is 1. The van der Waals surface area contributed by atoms with E-state index >= 15 is 0 Å². The van der Waals surface area contributed by atoms with E-state index < -0.39 is 0 Å². The molecular weight excluding hydrogens is 260 g/mol. The highest BCUT2D eigenvalue weighted by Crippen LogP contribution is 2.36. The predicted molar refractivity (Wildman–Crippen MR) is 83.5 cm³/mol. The lowest BCUT2D eigenvalue weighted by Crippen LogP contribution is -1.88. The maximum Gasteiger partial charge on any atom is 0.0484 e. The van der Waals surface area contributed by atoms with Crippen LogP contribution in [0.5, 0.6) is 0 Å². The molecule has 2 aromatic rings. The molecule has 0 radical (unpaired) electrons. The van der Waals surface area contributed by atoms with Crippen LogP contribution >= 0.6 is 23.4 Å². The van der Waals surface area contributed by atoms with Crippen LogP contribution in [0.25, 0.3) is 17.2 Å². The molecule has 0 aliphatic heterocycles. The number of aryl methyl sites for hydroxylation is 1. The molecule has 0 amide bonds. The van der Waals surface area contributed by atoms with Crippen molar-refractivity contribution in [2.75, 3.05) is 6.26 Å². The normalized spacial score (nSPS) is 10.4. The fourth-order valence-corrected chi connectivity index (χ4v) is 2.90. The maximum absolute atomic E-state index is 6.29. The van der Waals surface area contributed by atoms with E-state index in [-0.39, 0.29) is 0 Å². The van der Waals surface area contributed by atoms with E-state index in [4.69, 9.17) is 11.6 Å². The van der Waals surface area contributed by atoms with Crippen LogP contribution < -0.4 is 0 Å². The molecule has 0 aliphatic carbocycles. The van der Waals surface area contributed by atoms with Crippen molar-refractivity contribution in [1.82, 2.24) is 0 Å². The summed E-state index contributed by atoms with van der Waals surface area (Å²) in [5, 5.41) is 0.784. The predicted octanol–water partition coefficient (Wildman–Crippen LogP) is 5.68. The Bertz CT molecular complexity index is 588. The molecule has 0 atom stereocenters. The molecule has 0 fully saturated rings. The van der Waals surface area contributed by atoms with Crippen LogP contribution in [0.15, 0.2) is 47.9 Å². The van der Waals surface area contributed by atoms with Crippen molar-refractivity contribution in [3.05, 3.63) is 59.1 Å². The van der Waals surface area contributed by atoms with Gasteiger partial charge in [0.1, 0.15) is 0 Å². The van der Waals surface area contributed by atoms with Crippen LogP contribution in [0.4, 0.5) is 0 Å². The van der Waals surface area contributed by atoms with Gasteiger partial charge in [-0.25, -0.2) is 0 Å². The minimum atomic E-state index is 0.784. The Hall–Kier alpha value is -1.18. The zero-order chi connectivity index (χ0) is 13.1. The number of benzene rings is 2. The number of thioether (sulfide) groups is 1. The first-order valence-electron chi connectivity index (χ1n) is 5.73. The highest BCUT2D eigenvalue weighted by molar-refractivity contribution is 7.98. The molecule has 0 bridgehead atoms. The summed E-state index contributed by atoms with van der Waals surface area (Å²) in [5.74, 6) is 0. The molecule has 2 aromatic carbocycles. The largest absolute Gasteiger partial charge is 0.129 e. The SMILES string of the molecule is C=Cc1cc(-c2ccccc2Cl)c(SC)cc1C. The zero-order valence-electron chi connectivity index (χ0n) is 10.5. The van der Waals surface area contributed by atoms with Gasteiger partial charge in [-0.05, 0) is 48.1 Å². The van der Waals surface area contributed by atoms with Gasteiger partial charge < -0.3 is 0 Å². The summed E-state index contributed by atoms with van der Waals surface area (Å²) in [6.45, 7) is 5.97. The van der Waals surface area contributed by atoms with Gasteiger partial charge in [-0.1, -0.05) is 42.5 Å². The molecule has 0 saturated carbocycles. The molecule has 0 nitrogen and oxygen atoms in total. The molecule has 0 saturated heterocycles. The minimum Gasteiger partial charge on any atom is -0.129 e. The molecule has 2 heteroatoms. The standard InChI is InChI=1S/C16H15ClS/c1-4-12-10-14(16(18-3)9-11(12)2)13-7-5-6-8-15(13)17/h4-10H,1H2,2-3H3. The van der Waals surface area contributed by atoms with E-state index in [9.17, 15) is 0 Å². The lowest BCUT2D eigenvalue weighted by Gasteiger charge is -2.12. The van der Waals surface area contributed by atoms with E-state index in [1.807, 2.05) is 24.3 Å². The second-order valence-corrected chi connectivity index (χ2v) is 5.35. The van der Waals surface area contributed by atoms with E-state index in [2.05, 4.69) is 38.0 Å². The van der Waals surface area contributed by atoms with Crippen molar-refractivity contribution in [3.63, 3.8) is 0 Å². The van der Waals surface area contributed by atoms with E-state index in [0.717, 1.165) is 16.1 Å². The quantitative estimate of drug-likeness (QED) is 0.649. The van der Waals surface area contributed by atoms with Crippen molar-refractivity contribution in [2.45, 2.75) is 11.8 Å². The monoisotopic (exact) mass is 274 g/mol. The molecule has 0 unspecified atom stereocenters. The summed E-state index contributed by atoms with van der Waals surface area (Å²) in [5.41, 5.74) is 4.65. The van der Waals surface area contributed by atoms with Crippen molar-refractivity contribution < 1.29 is 0 Å². The van der Waals surface area contributed by atoms with Gasteiger partial charge in [-0.15, -0.1) is 11.8 Å². The molecule has 92 valence electrons. The number of rotatable bonds is 3. The second-order valence-electron chi connectivity index (χ2n) is 4.09. The van der Waals surface area contributed by atoms with Crippen LogP contribution in [-0.4, -0.2) is 6.26 Å². The smallest absolute Gasteiger partial charge is 0.0484 e. The van der Waals surface area contributed by atoms with Gasteiger partial charge in [0.05, 0.1) is 0 Å². The van der Waals surface area contributed by atoms with Gasteiger partial charge in [0.2, 0.25) is 0 Å². The lowest BCUT2D eigenvalue weighted by atomic mass is 9.99. The molecular formula is C16H15ClS. The summed E-state index contributed by atoms with van der Waals surface area (Å²) in [6.07, 6.45) is 3.97.